The Kier molecular flexibility index (Phi) is 1.27. The Bertz CT molecular complexity index is 1090. The Morgan fingerprint density at radius 3 is 3.20 bits per heavy atom. The van der Waals surface area contributed by atoms with Crippen molar-refractivity contribution in [2.45, 2.75) is 6.54 Å². The average Bonchev–Trinajstić information content (AvgIpc) is 3.13. The summed E-state index contributed by atoms with van der Waals surface area (Å²) in [4.78, 5) is 4.41. The molecule has 96 valence electrons. The largest absolute Gasteiger partial charge is 0.292 e. The van der Waals surface area contributed by atoms with E-state index in [4.69, 9.17) is 4.11 Å². The fraction of sp³-hybridized carbons (Fsp3) is 0.133. The molecular weight excluding hydrogens is 250 g/mol. The van der Waals surface area contributed by atoms with Gasteiger partial charge < -0.3 is 0 Å². The van der Waals surface area contributed by atoms with Crippen LogP contribution in [-0.4, -0.2) is 19.2 Å². The minimum absolute atomic E-state index is 0.576. The van der Waals surface area contributed by atoms with Gasteiger partial charge in [-0.1, -0.05) is 6.07 Å². The summed E-state index contributed by atoms with van der Waals surface area (Å²) in [5.41, 5.74) is 4.06. The van der Waals surface area contributed by atoms with E-state index in [1.807, 2.05) is 34.9 Å². The van der Waals surface area contributed by atoms with Crippen LogP contribution in [0.15, 0.2) is 42.7 Å². The highest BCUT2D eigenvalue weighted by Crippen LogP contribution is 2.32. The first kappa shape index (κ1) is 7.79. The van der Waals surface area contributed by atoms with E-state index in [-0.39, 0.29) is 0 Å². The second kappa shape index (κ2) is 3.25. The van der Waals surface area contributed by atoms with Gasteiger partial charge in [0.05, 0.1) is 23.8 Å². The summed E-state index contributed by atoms with van der Waals surface area (Å²) in [6.45, 7) is -1.70. The Labute approximate surface area is 118 Å². The SMILES string of the molecule is [2H]C([2H])([2H])[n+]1c2n(c3cc4cccnn4c31)Cc1cccnc1-2. The number of hydrogen-bond donors (Lipinski definition) is 0. The number of aromatic nitrogens is 5. The minimum atomic E-state index is -2.32. The molecule has 0 saturated carbocycles. The number of imidazole rings is 1. The van der Waals surface area contributed by atoms with E-state index < -0.39 is 6.98 Å². The molecule has 0 radical (unpaired) electrons. The second-order valence-corrected chi connectivity index (χ2v) is 4.97. The van der Waals surface area contributed by atoms with Crippen molar-refractivity contribution in [3.05, 3.63) is 48.3 Å². The standard InChI is InChI=1S/C15H12N5/c1-18-14-12(8-11-5-3-7-17-20(11)14)19-9-10-4-2-6-16-13(10)15(18)19/h2-8H,9H2,1H3/q+1/i1D3. The molecule has 0 amide bonds. The zero-order chi connectivity index (χ0) is 15.8. The highest BCUT2D eigenvalue weighted by Gasteiger charge is 2.33. The predicted molar refractivity (Wildman–Crippen MR) is 74.2 cm³/mol. The van der Waals surface area contributed by atoms with Crippen LogP contribution in [0.4, 0.5) is 0 Å². The molecule has 20 heavy (non-hydrogen) atoms. The van der Waals surface area contributed by atoms with E-state index in [1.165, 1.54) is 4.57 Å². The van der Waals surface area contributed by atoms with Gasteiger partial charge in [0.25, 0.3) is 11.5 Å². The van der Waals surface area contributed by atoms with Crippen molar-refractivity contribution in [2.24, 2.45) is 6.98 Å². The molecule has 5 heteroatoms. The highest BCUT2D eigenvalue weighted by atomic mass is 15.3. The molecule has 5 nitrogen and oxygen atoms in total. The highest BCUT2D eigenvalue weighted by molar-refractivity contribution is 5.82. The summed E-state index contributed by atoms with van der Waals surface area (Å²) in [5.74, 6) is 0.616. The zero-order valence-corrected chi connectivity index (χ0v) is 10.5. The van der Waals surface area contributed by atoms with Crippen LogP contribution in [0.1, 0.15) is 9.68 Å². The first-order valence-corrected chi connectivity index (χ1v) is 6.41. The van der Waals surface area contributed by atoms with Crippen LogP contribution in [0.3, 0.4) is 0 Å². The summed E-state index contributed by atoms with van der Waals surface area (Å²) in [6, 6.07) is 9.60. The van der Waals surface area contributed by atoms with Gasteiger partial charge >= 0.3 is 0 Å². The predicted octanol–water partition coefficient (Wildman–Crippen LogP) is 1.54. The number of pyridine rings is 1. The monoisotopic (exact) mass is 265 g/mol. The quantitative estimate of drug-likeness (QED) is 0.398. The molecule has 1 aliphatic rings. The first-order chi connectivity index (χ1) is 11.1. The van der Waals surface area contributed by atoms with Gasteiger partial charge in [0.2, 0.25) is 0 Å². The molecule has 0 fully saturated rings. The second-order valence-electron chi connectivity index (χ2n) is 4.97. The maximum atomic E-state index is 8.01. The van der Waals surface area contributed by atoms with Crippen molar-refractivity contribution in [3.8, 4) is 11.5 Å². The molecule has 5 heterocycles. The Hall–Kier alpha value is -2.69. The van der Waals surface area contributed by atoms with Gasteiger partial charge in [-0.25, -0.2) is 14.1 Å². The fourth-order valence-electron chi connectivity index (χ4n) is 3.06. The zero-order valence-electron chi connectivity index (χ0n) is 13.5. The van der Waals surface area contributed by atoms with Gasteiger partial charge in [0.1, 0.15) is 11.2 Å². The molecule has 0 saturated heterocycles. The Morgan fingerprint density at radius 1 is 1.30 bits per heavy atom. The van der Waals surface area contributed by atoms with Crippen LogP contribution in [0.5, 0.6) is 0 Å². The van der Waals surface area contributed by atoms with Crippen molar-refractivity contribution < 1.29 is 8.68 Å². The lowest BCUT2D eigenvalue weighted by molar-refractivity contribution is -0.636. The smallest absolute Gasteiger partial charge is 0.249 e. The molecule has 0 aliphatic carbocycles. The van der Waals surface area contributed by atoms with E-state index in [0.717, 1.165) is 22.3 Å². The summed E-state index contributed by atoms with van der Waals surface area (Å²) in [7, 11) is 0. The molecule has 0 atom stereocenters. The number of fused-ring (bicyclic) bond motifs is 7. The Balaban J connectivity index is 2.01. The lowest BCUT2D eigenvalue weighted by Gasteiger charge is -1.96. The van der Waals surface area contributed by atoms with Gasteiger partial charge in [-0.05, 0) is 18.2 Å². The summed E-state index contributed by atoms with van der Waals surface area (Å²) < 4.78 is 29.1. The van der Waals surface area contributed by atoms with Gasteiger partial charge in [0, 0.05) is 17.8 Å². The van der Waals surface area contributed by atoms with E-state index in [9.17, 15) is 0 Å². The third-order valence-corrected chi connectivity index (χ3v) is 3.90. The van der Waals surface area contributed by atoms with Crippen LogP contribution in [-0.2, 0) is 13.5 Å². The van der Waals surface area contributed by atoms with Crippen molar-refractivity contribution in [3.63, 3.8) is 0 Å². The lowest BCUT2D eigenvalue weighted by Crippen LogP contribution is -2.31. The van der Waals surface area contributed by atoms with E-state index >= 15 is 0 Å². The minimum Gasteiger partial charge on any atom is -0.249 e. The summed E-state index contributed by atoms with van der Waals surface area (Å²) >= 11 is 0. The molecule has 1 aliphatic heterocycles. The number of hydrogen-bond acceptors (Lipinski definition) is 2. The maximum Gasteiger partial charge on any atom is 0.292 e. The van der Waals surface area contributed by atoms with Gasteiger partial charge in [-0.2, -0.15) is 0 Å². The molecule has 0 unspecified atom stereocenters. The number of aryl methyl sites for hydroxylation is 1. The molecule has 0 bridgehead atoms. The van der Waals surface area contributed by atoms with Crippen LogP contribution in [0.25, 0.3) is 28.2 Å². The van der Waals surface area contributed by atoms with E-state index in [0.29, 0.717) is 18.0 Å². The Morgan fingerprint density at radius 2 is 2.25 bits per heavy atom. The molecule has 4 aromatic heterocycles. The molecule has 4 aromatic rings. The normalized spacial score (nSPS) is 15.9. The molecule has 0 N–H and O–H groups in total. The fourth-order valence-corrected chi connectivity index (χ4v) is 3.06. The van der Waals surface area contributed by atoms with Gasteiger partial charge in [0.15, 0.2) is 5.52 Å². The lowest BCUT2D eigenvalue weighted by atomic mass is 10.2. The summed E-state index contributed by atoms with van der Waals surface area (Å²) in [6.07, 6.45) is 3.35. The number of rotatable bonds is 0. The molecule has 5 rings (SSSR count). The maximum absolute atomic E-state index is 8.01. The van der Waals surface area contributed by atoms with Crippen LogP contribution < -0.4 is 4.57 Å². The first-order valence-electron chi connectivity index (χ1n) is 7.91. The summed E-state index contributed by atoms with van der Waals surface area (Å²) in [5, 5.41) is 4.32. The molecular formula is C15H12N5+. The van der Waals surface area contributed by atoms with Gasteiger partial charge in [-0.15, -0.1) is 9.61 Å². The van der Waals surface area contributed by atoms with E-state index in [1.54, 1.807) is 16.9 Å². The van der Waals surface area contributed by atoms with Crippen LogP contribution in [0.2, 0.25) is 0 Å². The van der Waals surface area contributed by atoms with Crippen LogP contribution >= 0.6 is 0 Å². The van der Waals surface area contributed by atoms with Crippen LogP contribution in [0, 0.1) is 0 Å². The molecule has 0 spiro atoms. The van der Waals surface area contributed by atoms with Crippen molar-refractivity contribution >= 4 is 16.7 Å². The number of nitrogens with zero attached hydrogens (tertiary/aromatic N) is 5. The third kappa shape index (κ3) is 1.02. The average molecular weight is 265 g/mol. The van der Waals surface area contributed by atoms with Crippen molar-refractivity contribution in [2.75, 3.05) is 0 Å². The molecule has 0 aromatic carbocycles. The van der Waals surface area contributed by atoms with E-state index in [2.05, 4.69) is 10.1 Å². The van der Waals surface area contributed by atoms with Gasteiger partial charge in [-0.3, -0.25) is 0 Å². The third-order valence-electron chi connectivity index (χ3n) is 3.90. The van der Waals surface area contributed by atoms with Crippen molar-refractivity contribution in [1.29, 1.82) is 0 Å². The topological polar surface area (TPSA) is 39.0 Å². The van der Waals surface area contributed by atoms with Crippen molar-refractivity contribution in [1.82, 2.24) is 19.2 Å².